The standard InChI is InChI=1S/C13H27NO/c1-5-12(9-15-4)14-13-7-6-10(2)8-11(13)3/h10-14H,5-9H2,1-4H3. The third-order valence-corrected chi connectivity index (χ3v) is 3.74. The lowest BCUT2D eigenvalue weighted by Crippen LogP contribution is -2.46. The summed E-state index contributed by atoms with van der Waals surface area (Å²) < 4.78 is 5.23. The summed E-state index contributed by atoms with van der Waals surface area (Å²) >= 11 is 0. The molecule has 1 fully saturated rings. The van der Waals surface area contributed by atoms with E-state index in [0.717, 1.165) is 24.9 Å². The Balaban J connectivity index is 2.35. The highest BCUT2D eigenvalue weighted by Gasteiger charge is 2.26. The molecule has 15 heavy (non-hydrogen) atoms. The van der Waals surface area contributed by atoms with Gasteiger partial charge in [0.05, 0.1) is 6.61 Å². The molecule has 0 bridgehead atoms. The van der Waals surface area contributed by atoms with E-state index in [9.17, 15) is 0 Å². The molecule has 4 atom stereocenters. The van der Waals surface area contributed by atoms with E-state index in [1.807, 2.05) is 0 Å². The molecule has 0 saturated heterocycles. The topological polar surface area (TPSA) is 21.3 Å². The van der Waals surface area contributed by atoms with Crippen LogP contribution in [-0.4, -0.2) is 25.8 Å². The molecule has 4 unspecified atom stereocenters. The minimum atomic E-state index is 0.538. The maximum Gasteiger partial charge on any atom is 0.0615 e. The molecule has 0 radical (unpaired) electrons. The van der Waals surface area contributed by atoms with Gasteiger partial charge in [0.15, 0.2) is 0 Å². The van der Waals surface area contributed by atoms with Crippen LogP contribution in [0.1, 0.15) is 46.5 Å². The Bertz CT molecular complexity index is 172. The third-order valence-electron chi connectivity index (χ3n) is 3.74. The Hall–Kier alpha value is -0.0800. The second-order valence-electron chi connectivity index (χ2n) is 5.23. The predicted molar refractivity (Wildman–Crippen MR) is 65.1 cm³/mol. The van der Waals surface area contributed by atoms with Gasteiger partial charge < -0.3 is 10.1 Å². The van der Waals surface area contributed by atoms with E-state index in [4.69, 9.17) is 4.74 Å². The minimum Gasteiger partial charge on any atom is -0.383 e. The van der Waals surface area contributed by atoms with Gasteiger partial charge in [0.2, 0.25) is 0 Å². The number of nitrogens with one attached hydrogen (secondary N) is 1. The smallest absolute Gasteiger partial charge is 0.0615 e. The first-order chi connectivity index (χ1) is 7.17. The highest BCUT2D eigenvalue weighted by Crippen LogP contribution is 2.28. The summed E-state index contributed by atoms with van der Waals surface area (Å²) in [6.45, 7) is 7.83. The molecule has 0 aromatic carbocycles. The SMILES string of the molecule is CCC(COC)NC1CCC(C)CC1C. The summed E-state index contributed by atoms with van der Waals surface area (Å²) in [6, 6.07) is 1.25. The van der Waals surface area contributed by atoms with Crippen molar-refractivity contribution in [1.29, 1.82) is 0 Å². The van der Waals surface area contributed by atoms with E-state index in [1.54, 1.807) is 7.11 Å². The van der Waals surface area contributed by atoms with Gasteiger partial charge in [0.25, 0.3) is 0 Å². The molecule has 1 aliphatic carbocycles. The van der Waals surface area contributed by atoms with E-state index >= 15 is 0 Å². The van der Waals surface area contributed by atoms with Gasteiger partial charge in [0, 0.05) is 19.2 Å². The Morgan fingerprint density at radius 1 is 1.33 bits per heavy atom. The van der Waals surface area contributed by atoms with Crippen LogP contribution in [0.25, 0.3) is 0 Å². The molecule has 1 saturated carbocycles. The Morgan fingerprint density at radius 3 is 2.60 bits per heavy atom. The summed E-state index contributed by atoms with van der Waals surface area (Å²) in [4.78, 5) is 0. The molecule has 1 N–H and O–H groups in total. The zero-order chi connectivity index (χ0) is 11.3. The van der Waals surface area contributed by atoms with Crippen molar-refractivity contribution in [2.75, 3.05) is 13.7 Å². The number of methoxy groups -OCH3 is 1. The molecular weight excluding hydrogens is 186 g/mol. The van der Waals surface area contributed by atoms with E-state index in [2.05, 4.69) is 26.1 Å². The van der Waals surface area contributed by atoms with Crippen molar-refractivity contribution < 1.29 is 4.74 Å². The van der Waals surface area contributed by atoms with Crippen molar-refractivity contribution >= 4 is 0 Å². The van der Waals surface area contributed by atoms with Gasteiger partial charge in [-0.1, -0.05) is 20.8 Å². The minimum absolute atomic E-state index is 0.538. The normalized spacial score (nSPS) is 34.0. The van der Waals surface area contributed by atoms with Crippen LogP contribution in [0.3, 0.4) is 0 Å². The molecule has 1 aliphatic rings. The van der Waals surface area contributed by atoms with E-state index < -0.39 is 0 Å². The quantitative estimate of drug-likeness (QED) is 0.758. The number of ether oxygens (including phenoxy) is 1. The summed E-state index contributed by atoms with van der Waals surface area (Å²) in [5.41, 5.74) is 0. The molecule has 2 heteroatoms. The maximum atomic E-state index is 5.23. The van der Waals surface area contributed by atoms with Crippen molar-refractivity contribution in [3.8, 4) is 0 Å². The zero-order valence-electron chi connectivity index (χ0n) is 10.8. The lowest BCUT2D eigenvalue weighted by Gasteiger charge is -2.35. The van der Waals surface area contributed by atoms with Gasteiger partial charge in [-0.3, -0.25) is 0 Å². The molecule has 0 aromatic heterocycles. The molecule has 0 spiro atoms. The van der Waals surface area contributed by atoms with Crippen molar-refractivity contribution in [3.05, 3.63) is 0 Å². The van der Waals surface area contributed by atoms with E-state index in [1.165, 1.54) is 19.3 Å². The van der Waals surface area contributed by atoms with Crippen LogP contribution in [-0.2, 0) is 4.74 Å². The Kier molecular flexibility index (Phi) is 5.62. The fraction of sp³-hybridized carbons (Fsp3) is 1.00. The van der Waals surface area contributed by atoms with Crippen LogP contribution in [0, 0.1) is 11.8 Å². The van der Waals surface area contributed by atoms with Crippen LogP contribution in [0.5, 0.6) is 0 Å². The first kappa shape index (κ1) is 13.0. The molecule has 90 valence electrons. The lowest BCUT2D eigenvalue weighted by atomic mass is 9.79. The molecule has 2 nitrogen and oxygen atoms in total. The first-order valence-corrected chi connectivity index (χ1v) is 6.42. The van der Waals surface area contributed by atoms with Gasteiger partial charge in [-0.05, 0) is 37.5 Å². The first-order valence-electron chi connectivity index (χ1n) is 6.42. The van der Waals surface area contributed by atoms with Crippen molar-refractivity contribution in [2.45, 2.75) is 58.5 Å². The van der Waals surface area contributed by atoms with Crippen molar-refractivity contribution in [3.63, 3.8) is 0 Å². The summed E-state index contributed by atoms with van der Waals surface area (Å²) in [5.74, 6) is 1.74. The molecule has 1 rings (SSSR count). The fourth-order valence-electron chi connectivity index (χ4n) is 2.70. The maximum absolute atomic E-state index is 5.23. The number of rotatable bonds is 5. The summed E-state index contributed by atoms with van der Waals surface area (Å²) in [5, 5.41) is 3.75. The number of hydrogen-bond donors (Lipinski definition) is 1. The predicted octanol–water partition coefficient (Wildman–Crippen LogP) is 2.83. The van der Waals surface area contributed by atoms with Gasteiger partial charge >= 0.3 is 0 Å². The second-order valence-corrected chi connectivity index (χ2v) is 5.23. The molecular formula is C13H27NO. The zero-order valence-corrected chi connectivity index (χ0v) is 10.8. The second kappa shape index (κ2) is 6.49. The van der Waals surface area contributed by atoms with Crippen LogP contribution >= 0.6 is 0 Å². The average molecular weight is 213 g/mol. The lowest BCUT2D eigenvalue weighted by molar-refractivity contribution is 0.137. The van der Waals surface area contributed by atoms with Gasteiger partial charge in [-0.15, -0.1) is 0 Å². The van der Waals surface area contributed by atoms with Crippen LogP contribution in [0.15, 0.2) is 0 Å². The highest BCUT2D eigenvalue weighted by atomic mass is 16.5. The summed E-state index contributed by atoms with van der Waals surface area (Å²) in [6.07, 6.45) is 5.25. The van der Waals surface area contributed by atoms with Gasteiger partial charge in [-0.2, -0.15) is 0 Å². The Morgan fingerprint density at radius 2 is 2.07 bits per heavy atom. The van der Waals surface area contributed by atoms with Gasteiger partial charge in [-0.25, -0.2) is 0 Å². The fourth-order valence-corrected chi connectivity index (χ4v) is 2.70. The summed E-state index contributed by atoms with van der Waals surface area (Å²) in [7, 11) is 1.79. The third kappa shape index (κ3) is 4.12. The number of hydrogen-bond acceptors (Lipinski definition) is 2. The van der Waals surface area contributed by atoms with Crippen LogP contribution in [0.4, 0.5) is 0 Å². The average Bonchev–Trinajstić information content (AvgIpc) is 2.21. The Labute approximate surface area is 94.8 Å². The van der Waals surface area contributed by atoms with Crippen molar-refractivity contribution in [2.24, 2.45) is 11.8 Å². The van der Waals surface area contributed by atoms with Crippen molar-refractivity contribution in [1.82, 2.24) is 5.32 Å². The van der Waals surface area contributed by atoms with Crippen LogP contribution < -0.4 is 5.32 Å². The molecule has 0 aromatic rings. The van der Waals surface area contributed by atoms with Crippen LogP contribution in [0.2, 0.25) is 0 Å². The van der Waals surface area contributed by atoms with E-state index in [0.29, 0.717) is 12.1 Å². The molecule has 0 amide bonds. The van der Waals surface area contributed by atoms with Gasteiger partial charge in [0.1, 0.15) is 0 Å². The molecule has 0 aliphatic heterocycles. The monoisotopic (exact) mass is 213 g/mol. The highest BCUT2D eigenvalue weighted by molar-refractivity contribution is 4.83. The largest absolute Gasteiger partial charge is 0.383 e. The molecule has 0 heterocycles. The van der Waals surface area contributed by atoms with E-state index in [-0.39, 0.29) is 0 Å².